The lowest BCUT2D eigenvalue weighted by molar-refractivity contribution is -0.0580. The minimum Gasteiger partial charge on any atom is -0.387 e. The van der Waals surface area contributed by atoms with Gasteiger partial charge in [-0.1, -0.05) is 121 Å². The van der Waals surface area contributed by atoms with Crippen LogP contribution in [0.15, 0.2) is 134 Å². The van der Waals surface area contributed by atoms with Gasteiger partial charge in [0.05, 0.1) is 63.7 Å². The Morgan fingerprint density at radius 3 is 1.29 bits per heavy atom. The normalized spacial score (nSPS) is 20.4. The Morgan fingerprint density at radius 2 is 0.931 bits per heavy atom. The second-order valence-electron chi connectivity index (χ2n) is 20.2. The molecule has 0 saturated carbocycles. The lowest BCUT2D eigenvalue weighted by Gasteiger charge is -2.20. The Labute approximate surface area is 508 Å². The van der Waals surface area contributed by atoms with E-state index in [9.17, 15) is 37.3 Å². The third-order valence-electron chi connectivity index (χ3n) is 14.3. The van der Waals surface area contributed by atoms with Crippen molar-refractivity contribution in [1.82, 2.24) is 43.8 Å². The zero-order valence-corrected chi connectivity index (χ0v) is 50.7. The molecule has 0 spiro atoms. The first-order valence-corrected chi connectivity index (χ1v) is 31.8. The van der Waals surface area contributed by atoms with Crippen LogP contribution in [-0.4, -0.2) is 192 Å². The van der Waals surface area contributed by atoms with Crippen LogP contribution in [-0.2, 0) is 60.6 Å². The largest absolute Gasteiger partial charge is 0.387 e. The highest BCUT2D eigenvalue weighted by molar-refractivity contribution is 8.13. The third-order valence-corrected chi connectivity index (χ3v) is 16.7. The average Bonchev–Trinajstić information content (AvgIpc) is 1.75. The number of methoxy groups -OCH3 is 4. The molecule has 2 fully saturated rings. The number of anilines is 2. The van der Waals surface area contributed by atoms with Crippen LogP contribution in [0.1, 0.15) is 58.2 Å². The maximum atomic E-state index is 12.5. The van der Waals surface area contributed by atoms with E-state index >= 15 is 0 Å². The minimum atomic E-state index is -3.66. The van der Waals surface area contributed by atoms with Crippen molar-refractivity contribution < 1.29 is 65.7 Å². The number of halogens is 1. The molecule has 8 atom stereocenters. The van der Waals surface area contributed by atoms with Crippen molar-refractivity contribution in [1.29, 1.82) is 0 Å². The monoisotopic (exact) mass is 1260 g/mol. The van der Waals surface area contributed by atoms with Crippen LogP contribution >= 0.6 is 10.7 Å². The molecule has 0 aliphatic carbocycles. The van der Waals surface area contributed by atoms with E-state index in [-0.39, 0.29) is 68.7 Å². The van der Waals surface area contributed by atoms with Crippen molar-refractivity contribution in [2.24, 2.45) is 5.73 Å². The van der Waals surface area contributed by atoms with Crippen LogP contribution in [0.3, 0.4) is 0 Å². The van der Waals surface area contributed by atoms with Gasteiger partial charge in [-0.25, -0.2) is 51.5 Å². The molecule has 0 unspecified atom stereocenters. The summed E-state index contributed by atoms with van der Waals surface area (Å²) in [6.07, 6.45) is -5.05. The first kappa shape index (κ1) is 66.2. The molecule has 29 heteroatoms. The van der Waals surface area contributed by atoms with Gasteiger partial charge in [0.15, 0.2) is 46.4 Å². The lowest BCUT2D eigenvalue weighted by Crippen LogP contribution is -2.33. The number of ether oxygens (including phenoxy) is 6. The molecule has 87 heavy (non-hydrogen) atoms. The molecule has 0 radical (unpaired) electrons. The van der Waals surface area contributed by atoms with Crippen LogP contribution in [0.4, 0.5) is 11.6 Å². The van der Waals surface area contributed by atoms with Crippen LogP contribution in [0, 0.1) is 0 Å². The Kier molecular flexibility index (Phi) is 24.0. The summed E-state index contributed by atoms with van der Waals surface area (Å²) >= 11 is 0. The van der Waals surface area contributed by atoms with Gasteiger partial charge < -0.3 is 65.2 Å². The van der Waals surface area contributed by atoms with E-state index in [1.54, 1.807) is 4.57 Å². The van der Waals surface area contributed by atoms with Gasteiger partial charge in [-0.2, -0.15) is 0 Å². The summed E-state index contributed by atoms with van der Waals surface area (Å²) in [4.78, 5) is 27.4. The first-order chi connectivity index (χ1) is 42.0. The number of imidazole rings is 2. The van der Waals surface area contributed by atoms with Crippen LogP contribution in [0.25, 0.3) is 22.3 Å². The highest BCUT2D eigenvalue weighted by Gasteiger charge is 2.46. The van der Waals surface area contributed by atoms with Gasteiger partial charge in [0, 0.05) is 64.0 Å². The zero-order chi connectivity index (χ0) is 62.1. The molecule has 468 valence electrons. The molecular weight excluding hydrogens is 1190 g/mol. The van der Waals surface area contributed by atoms with E-state index in [0.717, 1.165) is 11.1 Å². The Balaban J connectivity index is 0.000000203. The fourth-order valence-corrected chi connectivity index (χ4v) is 11.3. The first-order valence-electron chi connectivity index (χ1n) is 27.7. The van der Waals surface area contributed by atoms with E-state index in [0.29, 0.717) is 52.9 Å². The number of hydrogen-bond donors (Lipinski definition) is 8. The predicted octanol–water partition coefficient (Wildman–Crippen LogP) is 3.40. The fourth-order valence-electron chi connectivity index (χ4n) is 9.85. The summed E-state index contributed by atoms with van der Waals surface area (Å²) in [5.74, 6) is 1.22. The second-order valence-corrected chi connectivity index (χ2v) is 25.0. The van der Waals surface area contributed by atoms with Crippen molar-refractivity contribution in [2.45, 2.75) is 74.0 Å². The number of aliphatic hydroxyl groups excluding tert-OH is 4. The summed E-state index contributed by atoms with van der Waals surface area (Å²) in [5.41, 5.74) is 12.1. The number of hydrogen-bond acceptors (Lipinski definition) is 23. The van der Waals surface area contributed by atoms with Crippen LogP contribution < -0.4 is 21.1 Å². The molecule has 0 amide bonds. The van der Waals surface area contributed by atoms with Crippen molar-refractivity contribution in [2.75, 3.05) is 90.1 Å². The van der Waals surface area contributed by atoms with E-state index < -0.39 is 68.2 Å². The summed E-state index contributed by atoms with van der Waals surface area (Å²) in [7, 11) is 3.65. The smallest absolute Gasteiger partial charge is 0.234 e. The van der Waals surface area contributed by atoms with Crippen LogP contribution in [0.5, 0.6) is 0 Å². The number of nitrogens with zero attached hydrogens (tertiary/aromatic N) is 8. The predicted molar refractivity (Wildman–Crippen MR) is 325 cm³/mol. The summed E-state index contributed by atoms with van der Waals surface area (Å²) in [6, 6.07) is 40.7. The summed E-state index contributed by atoms with van der Waals surface area (Å²) in [5, 5.41) is 49.2. The summed E-state index contributed by atoms with van der Waals surface area (Å²) < 4.78 is 82.1. The van der Waals surface area contributed by atoms with Crippen molar-refractivity contribution >= 4 is 63.7 Å². The van der Waals surface area contributed by atoms with Gasteiger partial charge >= 0.3 is 0 Å². The van der Waals surface area contributed by atoms with Crippen molar-refractivity contribution in [3.63, 3.8) is 0 Å². The number of benzene rings is 4. The molecular formula is C58H73ClN12O14S2. The fraction of sp³-hybridized carbons (Fsp3) is 0.414. The number of fused-ring (bicyclic) bond motifs is 2. The molecule has 4 aromatic carbocycles. The number of aromatic nitrogens is 8. The minimum absolute atomic E-state index is 0.0320. The lowest BCUT2D eigenvalue weighted by atomic mass is 9.91. The van der Waals surface area contributed by atoms with E-state index in [1.807, 2.05) is 72.8 Å². The SMILES string of the molecule is COCCS(=O)(=O)Cl.COCCS(=O)(=O)NCc1nc(NCC(c2ccccc2)c2ccccc2)c2ncn([C@@H]3O[C@H](COC)[C@@H](O)[C@H]3O)c2n1.COC[C@H]1O[C@@H](n2cnc3c(NCC(c4ccccc4)c4ccccc4)nc(CN)nc32)[C@H](O)[C@@H]1O. The van der Waals surface area contributed by atoms with Gasteiger partial charge in [-0.15, -0.1) is 0 Å². The maximum Gasteiger partial charge on any atom is 0.234 e. The van der Waals surface area contributed by atoms with Gasteiger partial charge in [0.25, 0.3) is 0 Å². The molecule has 9 N–H and O–H groups in total. The van der Waals surface area contributed by atoms with Gasteiger partial charge in [-0.3, -0.25) is 9.13 Å². The second kappa shape index (κ2) is 31.5. The Morgan fingerprint density at radius 1 is 0.552 bits per heavy atom. The molecule has 2 aliphatic rings. The highest BCUT2D eigenvalue weighted by Crippen LogP contribution is 2.36. The molecule has 0 bridgehead atoms. The van der Waals surface area contributed by atoms with E-state index in [2.05, 4.69) is 98.5 Å². The molecule has 6 heterocycles. The Bertz CT molecular complexity index is 3570. The third kappa shape index (κ3) is 17.3. The van der Waals surface area contributed by atoms with Gasteiger partial charge in [0.2, 0.25) is 19.1 Å². The summed E-state index contributed by atoms with van der Waals surface area (Å²) in [6.45, 7) is 1.38. The topological polar surface area (TPSA) is 354 Å². The number of nitrogens with one attached hydrogen (secondary N) is 3. The number of rotatable bonds is 26. The number of sulfonamides is 1. The van der Waals surface area contributed by atoms with Gasteiger partial charge in [0.1, 0.15) is 48.3 Å². The molecule has 4 aromatic heterocycles. The highest BCUT2D eigenvalue weighted by atomic mass is 35.7. The number of aliphatic hydroxyl groups is 4. The molecule has 2 aliphatic heterocycles. The molecule has 26 nitrogen and oxygen atoms in total. The van der Waals surface area contributed by atoms with E-state index in [4.69, 9.17) is 40.1 Å². The number of nitrogens with two attached hydrogens (primary N) is 1. The van der Waals surface area contributed by atoms with E-state index in [1.165, 1.54) is 56.8 Å². The molecule has 10 rings (SSSR count). The molecule has 8 aromatic rings. The van der Waals surface area contributed by atoms with Crippen molar-refractivity contribution in [3.05, 3.63) is 168 Å². The van der Waals surface area contributed by atoms with Crippen molar-refractivity contribution in [3.8, 4) is 0 Å². The quantitative estimate of drug-likeness (QED) is 0.0360. The maximum absolute atomic E-state index is 12.5. The van der Waals surface area contributed by atoms with Gasteiger partial charge in [-0.05, 0) is 22.3 Å². The van der Waals surface area contributed by atoms with Crippen LogP contribution in [0.2, 0.25) is 0 Å². The molecule has 2 saturated heterocycles. The Hall–Kier alpha value is -6.71. The average molecular weight is 1260 g/mol. The standard InChI is InChI=1S/C29H36N6O7S.C26H30N6O4.C3H7ClO3S/c1-40-13-14-43(38,39)32-16-23-33-27(30-15-21(19-9-5-3-6-10-19)20-11-7-4-8-12-20)24-28(34-23)35(18-31-24)29-26(37)25(36)22(42-29)17-41-2;1-35-14-19-22(33)23(34)26(36-19)32-15-29-21-24(30-20(12-27)31-25(21)32)28-13-18(16-8-4-2-5-9-16)17-10-6-3-7-11-17;1-7-2-3-8(4,5)6/h3-12,18,21-22,25-26,29,32,36-37H,13-17H2,1-2H3,(H,30,33,34);2-11,15,18-19,22-23,26,33-34H,12-14,27H2,1H3,(H,28,30,31);2-3H2,1H3/t22-,25-,26-,29-;19-,22-,23-,26-;/m11./s1. The zero-order valence-electron chi connectivity index (χ0n) is 48.3.